The number of rotatable bonds is 3. The number of benzene rings is 2. The van der Waals surface area contributed by atoms with Gasteiger partial charge in [0.05, 0.1) is 22.3 Å². The number of aryl methyl sites for hydroxylation is 1. The smallest absolute Gasteiger partial charge is 0.229 e. The molecule has 0 unspecified atom stereocenters. The van der Waals surface area contributed by atoms with E-state index in [4.69, 9.17) is 16.7 Å². The van der Waals surface area contributed by atoms with Crippen molar-refractivity contribution in [2.75, 3.05) is 5.32 Å². The molecule has 6 nitrogen and oxygen atoms in total. The standard InChI is InChI=1S/C21H18ClN5O/c1-12-9-10-13(11-14(12)22)23-20-19-17(7-4-8-18(19)28)27(26-20)21-24-15-5-2-3-6-16(15)25-21/h2-3,5-6,9-11H,4,7-8H2,1H3,(H,23,26)(H,24,25). The van der Waals surface area contributed by atoms with Gasteiger partial charge < -0.3 is 10.3 Å². The summed E-state index contributed by atoms with van der Waals surface area (Å²) < 4.78 is 1.75. The molecular formula is C21H18ClN5O. The minimum Gasteiger partial charge on any atom is -0.338 e. The summed E-state index contributed by atoms with van der Waals surface area (Å²) in [6.07, 6.45) is 2.12. The summed E-state index contributed by atoms with van der Waals surface area (Å²) in [5.41, 5.74) is 5.12. The zero-order chi connectivity index (χ0) is 19.3. The SMILES string of the molecule is Cc1ccc(Nc2nn(-c3nc4ccccc4[nH]3)c3c2C(=O)CCC3)cc1Cl. The molecule has 0 aliphatic heterocycles. The van der Waals surface area contributed by atoms with Crippen LogP contribution in [0, 0.1) is 6.92 Å². The van der Waals surface area contributed by atoms with Gasteiger partial charge in [-0.25, -0.2) is 9.67 Å². The van der Waals surface area contributed by atoms with E-state index in [1.807, 2.05) is 49.4 Å². The quantitative estimate of drug-likeness (QED) is 0.516. The van der Waals surface area contributed by atoms with Crippen LogP contribution in [0.15, 0.2) is 42.5 Å². The van der Waals surface area contributed by atoms with Gasteiger partial charge in [0.25, 0.3) is 0 Å². The molecule has 28 heavy (non-hydrogen) atoms. The lowest BCUT2D eigenvalue weighted by molar-refractivity contribution is 0.0973. The first-order valence-corrected chi connectivity index (χ1v) is 9.61. The number of nitrogens with one attached hydrogen (secondary N) is 2. The average Bonchev–Trinajstić information content (AvgIpc) is 3.27. The van der Waals surface area contributed by atoms with Crippen LogP contribution >= 0.6 is 11.6 Å². The van der Waals surface area contributed by atoms with Gasteiger partial charge in [-0.05, 0) is 49.6 Å². The van der Waals surface area contributed by atoms with Gasteiger partial charge in [-0.3, -0.25) is 4.79 Å². The summed E-state index contributed by atoms with van der Waals surface area (Å²) in [4.78, 5) is 20.6. The van der Waals surface area contributed by atoms with E-state index in [0.29, 0.717) is 28.8 Å². The van der Waals surface area contributed by atoms with Crippen molar-refractivity contribution in [2.24, 2.45) is 0 Å². The number of para-hydroxylation sites is 2. The number of ketones is 1. The molecule has 0 amide bonds. The van der Waals surface area contributed by atoms with Crippen molar-refractivity contribution in [2.45, 2.75) is 26.2 Å². The molecule has 2 aromatic carbocycles. The van der Waals surface area contributed by atoms with Gasteiger partial charge in [0, 0.05) is 17.1 Å². The topological polar surface area (TPSA) is 75.6 Å². The van der Waals surface area contributed by atoms with E-state index < -0.39 is 0 Å². The Morgan fingerprint density at radius 3 is 2.86 bits per heavy atom. The predicted molar refractivity (Wildman–Crippen MR) is 110 cm³/mol. The summed E-state index contributed by atoms with van der Waals surface area (Å²) in [6, 6.07) is 13.5. The number of aromatic nitrogens is 4. The van der Waals surface area contributed by atoms with Crippen molar-refractivity contribution in [1.29, 1.82) is 0 Å². The highest BCUT2D eigenvalue weighted by molar-refractivity contribution is 6.31. The van der Waals surface area contributed by atoms with Crippen molar-refractivity contribution in [3.05, 3.63) is 64.3 Å². The number of H-pyrrole nitrogens is 1. The molecule has 140 valence electrons. The molecule has 0 saturated carbocycles. The van der Waals surface area contributed by atoms with Crippen molar-refractivity contribution >= 4 is 39.9 Å². The van der Waals surface area contributed by atoms with Crippen molar-refractivity contribution in [1.82, 2.24) is 19.7 Å². The number of nitrogens with zero attached hydrogens (tertiary/aromatic N) is 3. The summed E-state index contributed by atoms with van der Waals surface area (Å²) in [5, 5.41) is 8.65. The molecule has 2 N–H and O–H groups in total. The number of imidazole rings is 1. The highest BCUT2D eigenvalue weighted by atomic mass is 35.5. The summed E-state index contributed by atoms with van der Waals surface area (Å²) in [7, 11) is 0. The number of hydrogen-bond acceptors (Lipinski definition) is 4. The number of anilines is 2. The summed E-state index contributed by atoms with van der Waals surface area (Å²) in [5.74, 6) is 1.26. The van der Waals surface area contributed by atoms with Crippen molar-refractivity contribution in [3.8, 4) is 5.95 Å². The Kier molecular flexibility index (Phi) is 3.94. The maximum atomic E-state index is 12.7. The van der Waals surface area contributed by atoms with Crippen LogP contribution in [-0.4, -0.2) is 25.5 Å². The lowest BCUT2D eigenvalue weighted by atomic mass is 9.96. The van der Waals surface area contributed by atoms with Crippen LogP contribution < -0.4 is 5.32 Å². The molecule has 2 aromatic heterocycles. The second kappa shape index (κ2) is 6.49. The fourth-order valence-corrected chi connectivity index (χ4v) is 3.81. The van der Waals surface area contributed by atoms with E-state index in [2.05, 4.69) is 15.3 Å². The van der Waals surface area contributed by atoms with Gasteiger partial charge in [0.2, 0.25) is 5.95 Å². The molecule has 0 saturated heterocycles. The number of halogens is 1. The Hall–Kier alpha value is -3.12. The number of aromatic amines is 1. The largest absolute Gasteiger partial charge is 0.338 e. The van der Waals surface area contributed by atoms with Crippen molar-refractivity contribution in [3.63, 3.8) is 0 Å². The predicted octanol–water partition coefficient (Wildman–Crippen LogP) is 4.97. The van der Waals surface area contributed by atoms with Gasteiger partial charge in [0.15, 0.2) is 11.6 Å². The second-order valence-corrected chi connectivity index (χ2v) is 7.43. The lowest BCUT2D eigenvalue weighted by Gasteiger charge is -2.12. The van der Waals surface area contributed by atoms with Crippen LogP contribution in [0.2, 0.25) is 5.02 Å². The molecule has 7 heteroatoms. The fraction of sp³-hybridized carbons (Fsp3) is 0.190. The number of carbonyl (C=O) groups excluding carboxylic acids is 1. The zero-order valence-corrected chi connectivity index (χ0v) is 16.0. The number of Topliss-reactive ketones (excluding diaryl/α,β-unsaturated/α-hetero) is 1. The molecule has 5 rings (SSSR count). The van der Waals surface area contributed by atoms with E-state index in [-0.39, 0.29) is 5.78 Å². The van der Waals surface area contributed by atoms with E-state index in [1.54, 1.807) is 4.68 Å². The van der Waals surface area contributed by atoms with Gasteiger partial charge in [-0.1, -0.05) is 29.8 Å². The van der Waals surface area contributed by atoms with Gasteiger partial charge in [-0.15, -0.1) is 5.10 Å². The first-order valence-electron chi connectivity index (χ1n) is 9.23. The van der Waals surface area contributed by atoms with Crippen LogP contribution in [0.25, 0.3) is 17.0 Å². The second-order valence-electron chi connectivity index (χ2n) is 7.03. The number of hydrogen-bond donors (Lipinski definition) is 2. The highest BCUT2D eigenvalue weighted by Crippen LogP contribution is 2.32. The van der Waals surface area contributed by atoms with Crippen LogP contribution in [0.4, 0.5) is 11.5 Å². The van der Waals surface area contributed by atoms with E-state index >= 15 is 0 Å². The van der Waals surface area contributed by atoms with Gasteiger partial charge in [0.1, 0.15) is 0 Å². The highest BCUT2D eigenvalue weighted by Gasteiger charge is 2.28. The Morgan fingerprint density at radius 1 is 1.18 bits per heavy atom. The van der Waals surface area contributed by atoms with E-state index in [1.165, 1.54) is 0 Å². The molecule has 2 heterocycles. The van der Waals surface area contributed by atoms with Crippen LogP contribution in [0.3, 0.4) is 0 Å². The summed E-state index contributed by atoms with van der Waals surface area (Å²) >= 11 is 6.25. The Balaban J connectivity index is 1.63. The minimum atomic E-state index is 0.101. The third-order valence-electron chi connectivity index (χ3n) is 5.09. The number of carbonyl (C=O) groups is 1. The molecule has 0 bridgehead atoms. The summed E-state index contributed by atoms with van der Waals surface area (Å²) in [6.45, 7) is 1.95. The maximum absolute atomic E-state index is 12.7. The first-order chi connectivity index (χ1) is 13.6. The Morgan fingerprint density at radius 2 is 2.04 bits per heavy atom. The molecule has 4 aromatic rings. The normalized spacial score (nSPS) is 13.7. The molecular weight excluding hydrogens is 374 g/mol. The monoisotopic (exact) mass is 391 g/mol. The van der Waals surface area contributed by atoms with Crippen LogP contribution in [0.5, 0.6) is 0 Å². The van der Waals surface area contributed by atoms with E-state index in [0.717, 1.165) is 40.8 Å². The zero-order valence-electron chi connectivity index (χ0n) is 15.3. The first kappa shape index (κ1) is 17.0. The molecule has 0 spiro atoms. The van der Waals surface area contributed by atoms with Crippen LogP contribution in [-0.2, 0) is 6.42 Å². The van der Waals surface area contributed by atoms with Crippen LogP contribution in [0.1, 0.15) is 34.5 Å². The number of fused-ring (bicyclic) bond motifs is 2. The molecule has 0 fully saturated rings. The molecule has 0 atom stereocenters. The Labute approximate surface area is 166 Å². The third kappa shape index (κ3) is 2.77. The average molecular weight is 392 g/mol. The third-order valence-corrected chi connectivity index (χ3v) is 5.50. The van der Waals surface area contributed by atoms with Gasteiger partial charge >= 0.3 is 0 Å². The molecule has 1 aliphatic rings. The lowest BCUT2D eigenvalue weighted by Crippen LogP contribution is -2.14. The molecule has 0 radical (unpaired) electrons. The van der Waals surface area contributed by atoms with Gasteiger partial charge in [-0.2, -0.15) is 0 Å². The molecule has 1 aliphatic carbocycles. The Bertz CT molecular complexity index is 1190. The van der Waals surface area contributed by atoms with E-state index in [9.17, 15) is 4.79 Å². The minimum absolute atomic E-state index is 0.101. The maximum Gasteiger partial charge on any atom is 0.229 e. The van der Waals surface area contributed by atoms with Crippen molar-refractivity contribution < 1.29 is 4.79 Å². The fourth-order valence-electron chi connectivity index (χ4n) is 3.63.